The molecule has 2 aromatic rings. The molecule has 19 heavy (non-hydrogen) atoms. The minimum absolute atomic E-state index is 0.771. The molecule has 1 aromatic carbocycles. The van der Waals surface area contributed by atoms with Crippen LogP contribution in [0.3, 0.4) is 0 Å². The van der Waals surface area contributed by atoms with Crippen LogP contribution >= 0.6 is 15.9 Å². The summed E-state index contributed by atoms with van der Waals surface area (Å²) in [6, 6.07) is 9.55. The molecule has 0 radical (unpaired) electrons. The summed E-state index contributed by atoms with van der Waals surface area (Å²) in [6.45, 7) is 0. The van der Waals surface area contributed by atoms with Crippen molar-refractivity contribution in [2.24, 2.45) is 0 Å². The van der Waals surface area contributed by atoms with Crippen molar-refractivity contribution in [1.82, 2.24) is 4.98 Å². The molecule has 0 amide bonds. The second-order valence-electron chi connectivity index (χ2n) is 3.93. The summed E-state index contributed by atoms with van der Waals surface area (Å²) in [5.41, 5.74) is 0.900. The van der Waals surface area contributed by atoms with Crippen LogP contribution in [-0.4, -0.2) is 26.3 Å². The highest BCUT2D eigenvalue weighted by Crippen LogP contribution is 2.34. The number of nitrogens with zero attached hydrogens (tertiary/aromatic N) is 2. The third-order valence-corrected chi connectivity index (χ3v) is 3.27. The number of benzene rings is 1. The van der Waals surface area contributed by atoms with Crippen molar-refractivity contribution in [3.8, 4) is 11.5 Å². The number of methoxy groups -OCH3 is 2. The Labute approximate surface area is 121 Å². The zero-order valence-corrected chi connectivity index (χ0v) is 12.6. The smallest absolute Gasteiger partial charge is 0.142 e. The zero-order valence-electron chi connectivity index (χ0n) is 11.1. The van der Waals surface area contributed by atoms with Crippen LogP contribution in [0.4, 0.5) is 11.5 Å². The van der Waals surface area contributed by atoms with Crippen LogP contribution in [0.15, 0.2) is 41.0 Å². The molecule has 2 rings (SSSR count). The van der Waals surface area contributed by atoms with E-state index in [0.29, 0.717) is 0 Å². The minimum Gasteiger partial charge on any atom is -0.497 e. The van der Waals surface area contributed by atoms with Crippen LogP contribution in [-0.2, 0) is 0 Å². The van der Waals surface area contributed by atoms with E-state index in [2.05, 4.69) is 20.9 Å². The van der Waals surface area contributed by atoms with Crippen LogP contribution in [0.1, 0.15) is 0 Å². The Bertz CT molecular complexity index is 558. The predicted molar refractivity (Wildman–Crippen MR) is 79.5 cm³/mol. The summed E-state index contributed by atoms with van der Waals surface area (Å²) in [5, 5.41) is 0. The van der Waals surface area contributed by atoms with Crippen LogP contribution in [0.5, 0.6) is 11.5 Å². The van der Waals surface area contributed by atoms with Gasteiger partial charge < -0.3 is 14.4 Å². The van der Waals surface area contributed by atoms with Gasteiger partial charge in [-0.25, -0.2) is 4.98 Å². The van der Waals surface area contributed by atoms with Gasteiger partial charge in [-0.1, -0.05) is 0 Å². The van der Waals surface area contributed by atoms with Gasteiger partial charge in [0.15, 0.2) is 0 Å². The van der Waals surface area contributed by atoms with E-state index in [0.717, 1.165) is 27.5 Å². The van der Waals surface area contributed by atoms with Crippen molar-refractivity contribution < 1.29 is 9.47 Å². The minimum atomic E-state index is 0.771. The quantitative estimate of drug-likeness (QED) is 0.861. The van der Waals surface area contributed by atoms with Gasteiger partial charge in [0.2, 0.25) is 0 Å². The molecule has 0 fully saturated rings. The third kappa shape index (κ3) is 2.98. The Hall–Kier alpha value is -1.75. The van der Waals surface area contributed by atoms with E-state index in [1.165, 1.54) is 0 Å². The summed E-state index contributed by atoms with van der Waals surface area (Å²) in [6.07, 6.45) is 1.76. The molecule has 0 spiro atoms. The normalized spacial score (nSPS) is 10.1. The van der Waals surface area contributed by atoms with Crippen molar-refractivity contribution in [3.63, 3.8) is 0 Å². The van der Waals surface area contributed by atoms with Crippen LogP contribution in [0, 0.1) is 0 Å². The molecule has 1 heterocycles. The fourth-order valence-electron chi connectivity index (χ4n) is 1.75. The van der Waals surface area contributed by atoms with Gasteiger partial charge in [0.25, 0.3) is 0 Å². The van der Waals surface area contributed by atoms with Crippen LogP contribution in [0.2, 0.25) is 0 Å². The van der Waals surface area contributed by atoms with Gasteiger partial charge in [-0.3, -0.25) is 0 Å². The summed E-state index contributed by atoms with van der Waals surface area (Å²) >= 11 is 3.38. The monoisotopic (exact) mass is 322 g/mol. The maximum absolute atomic E-state index is 5.38. The van der Waals surface area contributed by atoms with Gasteiger partial charge >= 0.3 is 0 Å². The van der Waals surface area contributed by atoms with Crippen molar-refractivity contribution in [3.05, 3.63) is 41.0 Å². The number of hydrogen-bond acceptors (Lipinski definition) is 4. The average Bonchev–Trinajstić information content (AvgIpc) is 2.46. The van der Waals surface area contributed by atoms with Gasteiger partial charge in [-0.05, 0) is 40.2 Å². The maximum atomic E-state index is 5.38. The first-order valence-corrected chi connectivity index (χ1v) is 6.52. The summed E-state index contributed by atoms with van der Waals surface area (Å²) in [7, 11) is 5.23. The molecule has 0 aliphatic heterocycles. The first-order chi connectivity index (χ1) is 9.15. The second-order valence-corrected chi connectivity index (χ2v) is 4.85. The first kappa shape index (κ1) is 13.7. The largest absolute Gasteiger partial charge is 0.497 e. The molecule has 0 unspecified atom stereocenters. The summed E-state index contributed by atoms with van der Waals surface area (Å²) in [5.74, 6) is 2.38. The second kappa shape index (κ2) is 5.93. The average molecular weight is 323 g/mol. The third-order valence-electron chi connectivity index (χ3n) is 2.80. The standard InChI is InChI=1S/C14H15BrN2O2/c1-17(14-7-4-10(15)9-16-14)12-8-11(18-2)5-6-13(12)19-3/h4-9H,1-3H3. The number of rotatable bonds is 4. The number of ether oxygens (including phenoxy) is 2. The molecular formula is C14H15BrN2O2. The molecule has 0 bridgehead atoms. The SMILES string of the molecule is COc1ccc(OC)c(N(C)c2ccc(Br)cn2)c1. The van der Waals surface area contributed by atoms with Gasteiger partial charge in [0.05, 0.1) is 19.9 Å². The molecule has 5 heteroatoms. The van der Waals surface area contributed by atoms with E-state index < -0.39 is 0 Å². The van der Waals surface area contributed by atoms with Crippen molar-refractivity contribution >= 4 is 27.4 Å². The highest BCUT2D eigenvalue weighted by molar-refractivity contribution is 9.10. The van der Waals surface area contributed by atoms with E-state index >= 15 is 0 Å². The Morgan fingerprint density at radius 1 is 1.11 bits per heavy atom. The van der Waals surface area contributed by atoms with E-state index in [1.807, 2.05) is 42.3 Å². The Morgan fingerprint density at radius 3 is 2.47 bits per heavy atom. The maximum Gasteiger partial charge on any atom is 0.142 e. The lowest BCUT2D eigenvalue weighted by molar-refractivity contribution is 0.404. The van der Waals surface area contributed by atoms with E-state index in [9.17, 15) is 0 Å². The molecule has 4 nitrogen and oxygen atoms in total. The number of halogens is 1. The number of anilines is 2. The Kier molecular flexibility index (Phi) is 4.27. The molecule has 0 saturated carbocycles. The fourth-order valence-corrected chi connectivity index (χ4v) is 1.98. The van der Waals surface area contributed by atoms with Crippen LogP contribution in [0.25, 0.3) is 0 Å². The number of aromatic nitrogens is 1. The lowest BCUT2D eigenvalue weighted by Gasteiger charge is -2.21. The highest BCUT2D eigenvalue weighted by atomic mass is 79.9. The van der Waals surface area contributed by atoms with Gasteiger partial charge in [-0.2, -0.15) is 0 Å². The van der Waals surface area contributed by atoms with Crippen LogP contribution < -0.4 is 14.4 Å². The topological polar surface area (TPSA) is 34.6 Å². The van der Waals surface area contributed by atoms with Crippen molar-refractivity contribution in [1.29, 1.82) is 0 Å². The number of hydrogen-bond donors (Lipinski definition) is 0. The van der Waals surface area contributed by atoms with Gasteiger partial charge in [0.1, 0.15) is 17.3 Å². The fraction of sp³-hybridized carbons (Fsp3) is 0.214. The lowest BCUT2D eigenvalue weighted by atomic mass is 10.2. The highest BCUT2D eigenvalue weighted by Gasteiger charge is 2.12. The van der Waals surface area contributed by atoms with E-state index in [-0.39, 0.29) is 0 Å². The molecule has 0 aliphatic carbocycles. The summed E-state index contributed by atoms with van der Waals surface area (Å²) in [4.78, 5) is 6.32. The molecule has 1 aromatic heterocycles. The van der Waals surface area contributed by atoms with Gasteiger partial charge in [0, 0.05) is 23.8 Å². The lowest BCUT2D eigenvalue weighted by Crippen LogP contribution is -2.12. The van der Waals surface area contributed by atoms with Crippen molar-refractivity contribution in [2.75, 3.05) is 26.2 Å². The first-order valence-electron chi connectivity index (χ1n) is 5.73. The van der Waals surface area contributed by atoms with E-state index in [4.69, 9.17) is 9.47 Å². The molecule has 0 aliphatic rings. The predicted octanol–water partition coefficient (Wildman–Crippen LogP) is 3.63. The van der Waals surface area contributed by atoms with E-state index in [1.54, 1.807) is 20.4 Å². The molecular weight excluding hydrogens is 308 g/mol. The Balaban J connectivity index is 2.41. The molecule has 100 valence electrons. The Morgan fingerprint density at radius 2 is 1.89 bits per heavy atom. The number of pyridine rings is 1. The molecule has 0 N–H and O–H groups in total. The zero-order chi connectivity index (χ0) is 13.8. The molecule has 0 saturated heterocycles. The summed E-state index contributed by atoms with van der Waals surface area (Å²) < 4.78 is 11.6. The van der Waals surface area contributed by atoms with Gasteiger partial charge in [-0.15, -0.1) is 0 Å². The molecule has 0 atom stereocenters. The van der Waals surface area contributed by atoms with Crippen molar-refractivity contribution in [2.45, 2.75) is 0 Å².